The van der Waals surface area contributed by atoms with Crippen molar-refractivity contribution in [2.24, 2.45) is 5.41 Å². The fourth-order valence-electron chi connectivity index (χ4n) is 2.26. The molecule has 0 spiro atoms. The molecule has 17 heavy (non-hydrogen) atoms. The summed E-state index contributed by atoms with van der Waals surface area (Å²) in [7, 11) is 0. The predicted octanol–water partition coefficient (Wildman–Crippen LogP) is 2.13. The number of benzene rings is 1. The molecule has 2 aliphatic rings. The molecule has 1 saturated carbocycles. The van der Waals surface area contributed by atoms with Crippen LogP contribution in [0.3, 0.4) is 0 Å². The molecular weight excluding hydrogens is 220 g/mol. The first-order valence-electron chi connectivity index (χ1n) is 5.73. The largest absolute Gasteiger partial charge is 0.481 e. The Morgan fingerprint density at radius 2 is 2.00 bits per heavy atom. The highest BCUT2D eigenvalue weighted by atomic mass is 16.7. The average Bonchev–Trinajstić information content (AvgIpc) is 2.93. The van der Waals surface area contributed by atoms with Gasteiger partial charge < -0.3 is 14.6 Å². The Morgan fingerprint density at radius 1 is 1.35 bits per heavy atom. The molecule has 0 atom stereocenters. The van der Waals surface area contributed by atoms with Gasteiger partial charge in [-0.25, -0.2) is 0 Å². The van der Waals surface area contributed by atoms with Gasteiger partial charge in [-0.1, -0.05) is 0 Å². The topological polar surface area (TPSA) is 55.8 Å². The Bertz CT molecular complexity index is 488. The molecule has 0 bridgehead atoms. The molecule has 0 aromatic heterocycles. The van der Waals surface area contributed by atoms with Crippen molar-refractivity contribution >= 4 is 5.97 Å². The lowest BCUT2D eigenvalue weighted by Gasteiger charge is -2.12. The molecule has 4 heteroatoms. The monoisotopic (exact) mass is 234 g/mol. The zero-order chi connectivity index (χ0) is 12.0. The minimum Gasteiger partial charge on any atom is -0.481 e. The van der Waals surface area contributed by atoms with Crippen molar-refractivity contribution in [2.45, 2.75) is 26.2 Å². The fourth-order valence-corrected chi connectivity index (χ4v) is 2.26. The normalized spacial score (nSPS) is 19.1. The van der Waals surface area contributed by atoms with E-state index in [-0.39, 0.29) is 6.79 Å². The van der Waals surface area contributed by atoms with E-state index >= 15 is 0 Å². The first kappa shape index (κ1) is 10.4. The first-order chi connectivity index (χ1) is 8.11. The van der Waals surface area contributed by atoms with Gasteiger partial charge in [0.05, 0.1) is 5.41 Å². The molecule has 1 aliphatic carbocycles. The van der Waals surface area contributed by atoms with E-state index in [2.05, 4.69) is 0 Å². The maximum absolute atomic E-state index is 11.2. The van der Waals surface area contributed by atoms with E-state index in [9.17, 15) is 9.90 Å². The lowest BCUT2D eigenvalue weighted by molar-refractivity contribution is -0.143. The summed E-state index contributed by atoms with van der Waals surface area (Å²) >= 11 is 0. The number of carboxylic acids is 1. The van der Waals surface area contributed by atoms with Crippen LogP contribution < -0.4 is 9.47 Å². The van der Waals surface area contributed by atoms with E-state index < -0.39 is 11.4 Å². The molecule has 1 heterocycles. The van der Waals surface area contributed by atoms with Gasteiger partial charge in [0.1, 0.15) is 0 Å². The van der Waals surface area contributed by atoms with Crippen LogP contribution in [-0.2, 0) is 11.2 Å². The first-order valence-corrected chi connectivity index (χ1v) is 5.73. The second-order valence-electron chi connectivity index (χ2n) is 4.89. The summed E-state index contributed by atoms with van der Waals surface area (Å²) in [6.45, 7) is 2.23. The van der Waals surface area contributed by atoms with Gasteiger partial charge in [0.2, 0.25) is 6.79 Å². The van der Waals surface area contributed by atoms with Gasteiger partial charge in [-0.15, -0.1) is 0 Å². The van der Waals surface area contributed by atoms with Crippen LogP contribution >= 0.6 is 0 Å². The highest BCUT2D eigenvalue weighted by Gasteiger charge is 2.50. The summed E-state index contributed by atoms with van der Waals surface area (Å²) in [6.07, 6.45) is 2.14. The van der Waals surface area contributed by atoms with E-state index in [0.717, 1.165) is 35.5 Å². The van der Waals surface area contributed by atoms with Crippen LogP contribution in [0, 0.1) is 12.3 Å². The fraction of sp³-hybridized carbons (Fsp3) is 0.462. The molecule has 1 aromatic rings. The summed E-state index contributed by atoms with van der Waals surface area (Å²) in [5.74, 6) is 0.799. The zero-order valence-electron chi connectivity index (χ0n) is 9.66. The number of hydrogen-bond donors (Lipinski definition) is 1. The number of rotatable bonds is 3. The van der Waals surface area contributed by atoms with E-state index in [1.807, 2.05) is 19.1 Å². The number of aliphatic carboxylic acids is 1. The van der Waals surface area contributed by atoms with Gasteiger partial charge in [-0.05, 0) is 49.4 Å². The SMILES string of the molecule is Cc1cc2c(cc1CC1(C(=O)O)CC1)OCO2. The Kier molecular flexibility index (Phi) is 2.08. The summed E-state index contributed by atoms with van der Waals surface area (Å²) in [4.78, 5) is 11.2. The highest BCUT2D eigenvalue weighted by molar-refractivity contribution is 5.78. The molecule has 1 aromatic carbocycles. The van der Waals surface area contributed by atoms with Crippen molar-refractivity contribution in [2.75, 3.05) is 6.79 Å². The Balaban J connectivity index is 1.91. The standard InChI is InChI=1S/C13H14O4/c1-8-4-10-11(17-7-16-10)5-9(8)6-13(2-3-13)12(14)15/h4-5H,2-3,6-7H2,1H3,(H,14,15). The van der Waals surface area contributed by atoms with Gasteiger partial charge in [-0.2, -0.15) is 0 Å². The number of aryl methyl sites for hydroxylation is 1. The van der Waals surface area contributed by atoms with E-state index in [0.29, 0.717) is 6.42 Å². The summed E-state index contributed by atoms with van der Waals surface area (Å²) < 4.78 is 10.6. The Hall–Kier alpha value is -1.71. The number of fused-ring (bicyclic) bond motifs is 1. The van der Waals surface area contributed by atoms with Crippen molar-refractivity contribution in [1.82, 2.24) is 0 Å². The molecular formula is C13H14O4. The van der Waals surface area contributed by atoms with E-state index in [1.54, 1.807) is 0 Å². The van der Waals surface area contributed by atoms with Gasteiger partial charge in [-0.3, -0.25) is 4.79 Å². The summed E-state index contributed by atoms with van der Waals surface area (Å²) in [5, 5.41) is 9.19. The highest BCUT2D eigenvalue weighted by Crippen LogP contribution is 2.49. The van der Waals surface area contributed by atoms with Crippen LogP contribution in [0.1, 0.15) is 24.0 Å². The van der Waals surface area contributed by atoms with Crippen LogP contribution in [0.15, 0.2) is 12.1 Å². The summed E-state index contributed by atoms with van der Waals surface area (Å²) in [5.41, 5.74) is 1.59. The zero-order valence-corrected chi connectivity index (χ0v) is 9.66. The van der Waals surface area contributed by atoms with E-state index in [1.165, 1.54) is 0 Å². The molecule has 1 fully saturated rings. The average molecular weight is 234 g/mol. The maximum atomic E-state index is 11.2. The lowest BCUT2D eigenvalue weighted by atomic mass is 9.93. The second-order valence-corrected chi connectivity index (χ2v) is 4.89. The van der Waals surface area contributed by atoms with Gasteiger partial charge >= 0.3 is 5.97 Å². The number of carbonyl (C=O) groups is 1. The van der Waals surface area contributed by atoms with Crippen molar-refractivity contribution in [3.63, 3.8) is 0 Å². The van der Waals surface area contributed by atoms with Gasteiger partial charge in [0.25, 0.3) is 0 Å². The molecule has 1 N–H and O–H groups in total. The van der Waals surface area contributed by atoms with Crippen LogP contribution in [0.4, 0.5) is 0 Å². The molecule has 3 rings (SSSR count). The Labute approximate surface area is 99.2 Å². The number of hydrogen-bond acceptors (Lipinski definition) is 3. The molecule has 4 nitrogen and oxygen atoms in total. The van der Waals surface area contributed by atoms with Crippen LogP contribution in [-0.4, -0.2) is 17.9 Å². The van der Waals surface area contributed by atoms with Crippen LogP contribution in [0.5, 0.6) is 11.5 Å². The second kappa shape index (κ2) is 3.39. The minimum atomic E-state index is -0.686. The molecule has 0 unspecified atom stereocenters. The maximum Gasteiger partial charge on any atom is 0.309 e. The van der Waals surface area contributed by atoms with Crippen molar-refractivity contribution in [3.8, 4) is 11.5 Å². The molecule has 0 amide bonds. The predicted molar refractivity (Wildman–Crippen MR) is 60.3 cm³/mol. The number of ether oxygens (including phenoxy) is 2. The molecule has 90 valence electrons. The third kappa shape index (κ3) is 1.64. The Morgan fingerprint density at radius 3 is 2.59 bits per heavy atom. The lowest BCUT2D eigenvalue weighted by Crippen LogP contribution is -2.18. The molecule has 0 radical (unpaired) electrons. The molecule has 1 aliphatic heterocycles. The quantitative estimate of drug-likeness (QED) is 0.870. The molecule has 0 saturated heterocycles. The minimum absolute atomic E-state index is 0.252. The number of carboxylic acid groups (broad SMARTS) is 1. The van der Waals surface area contributed by atoms with Crippen LogP contribution in [0.25, 0.3) is 0 Å². The summed E-state index contributed by atoms with van der Waals surface area (Å²) in [6, 6.07) is 3.84. The van der Waals surface area contributed by atoms with Crippen molar-refractivity contribution < 1.29 is 19.4 Å². The third-order valence-electron chi connectivity index (χ3n) is 3.67. The van der Waals surface area contributed by atoms with E-state index in [4.69, 9.17) is 9.47 Å². The van der Waals surface area contributed by atoms with Crippen molar-refractivity contribution in [3.05, 3.63) is 23.3 Å². The van der Waals surface area contributed by atoms with Crippen LogP contribution in [0.2, 0.25) is 0 Å². The third-order valence-corrected chi connectivity index (χ3v) is 3.67. The smallest absolute Gasteiger partial charge is 0.309 e. The van der Waals surface area contributed by atoms with Gasteiger partial charge in [0, 0.05) is 0 Å². The van der Waals surface area contributed by atoms with Crippen molar-refractivity contribution in [1.29, 1.82) is 0 Å². The van der Waals surface area contributed by atoms with Gasteiger partial charge in [0.15, 0.2) is 11.5 Å².